The molecule has 1 unspecified atom stereocenters. The summed E-state index contributed by atoms with van der Waals surface area (Å²) in [7, 11) is 1.88. The molecule has 0 N–H and O–H groups in total. The maximum absolute atomic E-state index is 4.12. The van der Waals surface area contributed by atoms with Crippen molar-refractivity contribution < 1.29 is 0 Å². The third-order valence-corrected chi connectivity index (χ3v) is 2.00. The lowest BCUT2D eigenvalue weighted by atomic mass is 10.2. The summed E-state index contributed by atoms with van der Waals surface area (Å²) >= 11 is 0. The third kappa shape index (κ3) is 0.908. The van der Waals surface area contributed by atoms with E-state index in [2.05, 4.69) is 18.8 Å². The van der Waals surface area contributed by atoms with Gasteiger partial charge in [-0.2, -0.15) is 0 Å². The van der Waals surface area contributed by atoms with Gasteiger partial charge in [-0.3, -0.25) is 4.99 Å². The van der Waals surface area contributed by atoms with Gasteiger partial charge in [-0.05, 0) is 25.2 Å². The van der Waals surface area contributed by atoms with Crippen LogP contribution in [0, 0.1) is 11.8 Å². The topological polar surface area (TPSA) is 12.4 Å². The van der Waals surface area contributed by atoms with E-state index in [4.69, 9.17) is 0 Å². The Kier molecular flexibility index (Phi) is 1.37. The molecule has 0 radical (unpaired) electrons. The van der Waals surface area contributed by atoms with E-state index in [1.54, 1.807) is 0 Å². The third-order valence-electron chi connectivity index (χ3n) is 2.00. The lowest BCUT2D eigenvalue weighted by Gasteiger charge is -1.90. The molecule has 1 heteroatoms. The molecule has 46 valence electrons. The maximum Gasteiger partial charge on any atom is 0.0276 e. The molecule has 0 aromatic rings. The highest BCUT2D eigenvalue weighted by Crippen LogP contribution is 2.38. The second kappa shape index (κ2) is 1.88. The Hall–Kier alpha value is -0.330. The van der Waals surface area contributed by atoms with Crippen molar-refractivity contribution in [2.45, 2.75) is 20.3 Å². The van der Waals surface area contributed by atoms with Crippen LogP contribution in [0.2, 0.25) is 0 Å². The molecule has 2 atom stereocenters. The predicted molar refractivity (Wildman–Crippen MR) is 36.3 cm³/mol. The molecule has 1 saturated carbocycles. The van der Waals surface area contributed by atoms with E-state index in [0.29, 0.717) is 0 Å². The monoisotopic (exact) mass is 111 g/mol. The number of rotatable bonds is 1. The average Bonchev–Trinajstić information content (AvgIpc) is 2.45. The standard InChI is InChI=1S/C7H13N/c1-5-4-7(5)6(2)8-3/h5,7H,4H2,1-3H3/t5-,7?/m1/s1. The second-order valence-electron chi connectivity index (χ2n) is 2.68. The molecule has 0 spiro atoms. The Morgan fingerprint density at radius 3 is 2.25 bits per heavy atom. The summed E-state index contributed by atoms with van der Waals surface area (Å²) < 4.78 is 0. The van der Waals surface area contributed by atoms with Crippen LogP contribution in [0.4, 0.5) is 0 Å². The fourth-order valence-corrected chi connectivity index (χ4v) is 1.07. The van der Waals surface area contributed by atoms with Gasteiger partial charge in [0.25, 0.3) is 0 Å². The van der Waals surface area contributed by atoms with E-state index in [0.717, 1.165) is 11.8 Å². The Morgan fingerprint density at radius 2 is 2.12 bits per heavy atom. The van der Waals surface area contributed by atoms with E-state index in [1.807, 2.05) is 7.05 Å². The molecule has 0 amide bonds. The summed E-state index contributed by atoms with van der Waals surface area (Å²) in [6, 6.07) is 0. The van der Waals surface area contributed by atoms with Crippen LogP contribution in [0.1, 0.15) is 20.3 Å². The van der Waals surface area contributed by atoms with Gasteiger partial charge in [0, 0.05) is 12.8 Å². The SMILES string of the molecule is CN=C(C)C1C[C@H]1C. The Bertz CT molecular complexity index is 116. The van der Waals surface area contributed by atoms with E-state index in [9.17, 15) is 0 Å². The minimum atomic E-state index is 0.833. The molecule has 1 aliphatic rings. The zero-order valence-corrected chi connectivity index (χ0v) is 5.81. The molecule has 1 nitrogen and oxygen atoms in total. The molecule has 0 aliphatic heterocycles. The minimum Gasteiger partial charge on any atom is -0.297 e. The number of nitrogens with zero attached hydrogens (tertiary/aromatic N) is 1. The Morgan fingerprint density at radius 1 is 1.62 bits per heavy atom. The minimum absolute atomic E-state index is 0.833. The summed E-state index contributed by atoms with van der Waals surface area (Å²) in [6.45, 7) is 4.40. The van der Waals surface area contributed by atoms with Crippen LogP contribution in [0.25, 0.3) is 0 Å². The average molecular weight is 111 g/mol. The van der Waals surface area contributed by atoms with Gasteiger partial charge in [-0.15, -0.1) is 0 Å². The van der Waals surface area contributed by atoms with Crippen molar-refractivity contribution in [2.24, 2.45) is 16.8 Å². The summed E-state index contributed by atoms with van der Waals surface area (Å²) in [4.78, 5) is 4.12. The first-order chi connectivity index (χ1) is 3.75. The maximum atomic E-state index is 4.12. The smallest absolute Gasteiger partial charge is 0.0276 e. The van der Waals surface area contributed by atoms with Crippen LogP contribution in [0.3, 0.4) is 0 Å². The molecule has 1 aliphatic carbocycles. The molecule has 0 heterocycles. The van der Waals surface area contributed by atoms with Gasteiger partial charge < -0.3 is 0 Å². The molecule has 0 bridgehead atoms. The zero-order chi connectivity index (χ0) is 6.15. The van der Waals surface area contributed by atoms with Gasteiger partial charge in [0.15, 0.2) is 0 Å². The van der Waals surface area contributed by atoms with Crippen LogP contribution in [0.15, 0.2) is 4.99 Å². The van der Waals surface area contributed by atoms with Gasteiger partial charge in [-0.25, -0.2) is 0 Å². The molecular formula is C7H13N. The first kappa shape index (κ1) is 5.80. The van der Waals surface area contributed by atoms with Crippen LogP contribution in [-0.4, -0.2) is 12.8 Å². The van der Waals surface area contributed by atoms with Crippen molar-refractivity contribution >= 4 is 5.71 Å². The van der Waals surface area contributed by atoms with Crippen molar-refractivity contribution in [1.82, 2.24) is 0 Å². The molecule has 0 aromatic carbocycles. The molecule has 1 rings (SSSR count). The van der Waals surface area contributed by atoms with Crippen molar-refractivity contribution in [3.05, 3.63) is 0 Å². The molecular weight excluding hydrogens is 98.1 g/mol. The van der Waals surface area contributed by atoms with Crippen molar-refractivity contribution in [2.75, 3.05) is 7.05 Å². The van der Waals surface area contributed by atoms with E-state index >= 15 is 0 Å². The highest BCUT2D eigenvalue weighted by Gasteiger charge is 2.34. The van der Waals surface area contributed by atoms with Crippen molar-refractivity contribution in [3.63, 3.8) is 0 Å². The number of hydrogen-bond acceptors (Lipinski definition) is 1. The Labute approximate surface area is 50.8 Å². The lowest BCUT2D eigenvalue weighted by molar-refractivity contribution is 0.920. The van der Waals surface area contributed by atoms with Crippen molar-refractivity contribution in [1.29, 1.82) is 0 Å². The summed E-state index contributed by atoms with van der Waals surface area (Å²) in [6.07, 6.45) is 1.36. The Balaban J connectivity index is 2.39. The summed E-state index contributed by atoms with van der Waals surface area (Å²) in [5.41, 5.74) is 1.33. The fraction of sp³-hybridized carbons (Fsp3) is 0.857. The van der Waals surface area contributed by atoms with E-state index < -0.39 is 0 Å². The lowest BCUT2D eigenvalue weighted by Crippen LogP contribution is -1.93. The predicted octanol–water partition coefficient (Wildman–Crippen LogP) is 1.73. The first-order valence-corrected chi connectivity index (χ1v) is 3.19. The summed E-state index contributed by atoms with van der Waals surface area (Å²) in [5.74, 6) is 1.75. The molecule has 8 heavy (non-hydrogen) atoms. The number of hydrogen-bond donors (Lipinski definition) is 0. The van der Waals surface area contributed by atoms with Gasteiger partial charge in [0.1, 0.15) is 0 Å². The van der Waals surface area contributed by atoms with Gasteiger partial charge in [-0.1, -0.05) is 6.92 Å². The normalized spacial score (nSPS) is 37.6. The zero-order valence-electron chi connectivity index (χ0n) is 5.81. The van der Waals surface area contributed by atoms with Gasteiger partial charge in [0.05, 0.1) is 0 Å². The van der Waals surface area contributed by atoms with E-state index in [-0.39, 0.29) is 0 Å². The molecule has 1 fully saturated rings. The van der Waals surface area contributed by atoms with Crippen LogP contribution in [0.5, 0.6) is 0 Å². The molecule has 0 aromatic heterocycles. The van der Waals surface area contributed by atoms with Crippen LogP contribution in [-0.2, 0) is 0 Å². The van der Waals surface area contributed by atoms with Crippen LogP contribution < -0.4 is 0 Å². The van der Waals surface area contributed by atoms with Crippen molar-refractivity contribution in [3.8, 4) is 0 Å². The second-order valence-corrected chi connectivity index (χ2v) is 2.68. The van der Waals surface area contributed by atoms with Gasteiger partial charge in [0.2, 0.25) is 0 Å². The number of aliphatic imine (C=N–C) groups is 1. The van der Waals surface area contributed by atoms with Crippen LogP contribution >= 0.6 is 0 Å². The quantitative estimate of drug-likeness (QED) is 0.457. The fourth-order valence-electron chi connectivity index (χ4n) is 1.07. The first-order valence-electron chi connectivity index (χ1n) is 3.19. The highest BCUT2D eigenvalue weighted by atomic mass is 14.7. The highest BCUT2D eigenvalue weighted by molar-refractivity contribution is 5.86. The molecule has 0 saturated heterocycles. The van der Waals surface area contributed by atoms with E-state index in [1.165, 1.54) is 12.1 Å². The largest absolute Gasteiger partial charge is 0.297 e. The van der Waals surface area contributed by atoms with Gasteiger partial charge >= 0.3 is 0 Å². The summed E-state index contributed by atoms with van der Waals surface area (Å²) in [5, 5.41) is 0.